The summed E-state index contributed by atoms with van der Waals surface area (Å²) in [5.74, 6) is 3.19. The van der Waals surface area contributed by atoms with Gasteiger partial charge < -0.3 is 10.2 Å². The van der Waals surface area contributed by atoms with Crippen molar-refractivity contribution in [2.24, 2.45) is 17.8 Å². The summed E-state index contributed by atoms with van der Waals surface area (Å²) in [6.07, 6.45) is 11.0. The Bertz CT molecular complexity index is 639. The first kappa shape index (κ1) is 16.6. The van der Waals surface area contributed by atoms with Crippen molar-refractivity contribution < 1.29 is 4.79 Å². The number of nitrogens with zero attached hydrogens (tertiary/aromatic N) is 1. The number of benzene rings is 1. The Balaban J connectivity index is 1.28. The zero-order valence-corrected chi connectivity index (χ0v) is 16.0. The van der Waals surface area contributed by atoms with E-state index < -0.39 is 0 Å². The van der Waals surface area contributed by atoms with Gasteiger partial charge in [-0.25, -0.2) is 0 Å². The van der Waals surface area contributed by atoms with Crippen molar-refractivity contribution in [3.63, 3.8) is 0 Å². The van der Waals surface area contributed by atoms with Crippen LogP contribution >= 0.6 is 0 Å². The van der Waals surface area contributed by atoms with Crippen LogP contribution in [0.3, 0.4) is 0 Å². The number of anilines is 1. The van der Waals surface area contributed by atoms with Crippen molar-refractivity contribution >= 4 is 11.6 Å². The predicted molar refractivity (Wildman–Crippen MR) is 105 cm³/mol. The zero-order valence-electron chi connectivity index (χ0n) is 16.0. The summed E-state index contributed by atoms with van der Waals surface area (Å²) < 4.78 is 0. The second-order valence-corrected chi connectivity index (χ2v) is 9.67. The zero-order chi connectivity index (χ0) is 17.7. The molecule has 140 valence electrons. The minimum atomic E-state index is -0.140. The highest BCUT2D eigenvalue weighted by Gasteiger charge is 2.51. The average Bonchev–Trinajstić information content (AvgIpc) is 3.15. The van der Waals surface area contributed by atoms with E-state index in [1.54, 1.807) is 5.56 Å². The molecule has 26 heavy (non-hydrogen) atoms. The maximum atomic E-state index is 12.5. The summed E-state index contributed by atoms with van der Waals surface area (Å²) in [5.41, 5.74) is 3.10. The van der Waals surface area contributed by atoms with Crippen molar-refractivity contribution in [2.45, 2.75) is 69.7 Å². The minimum Gasteiger partial charge on any atom is -0.374 e. The third kappa shape index (κ3) is 2.84. The SMILES string of the molecule is C[C@@H](Nc1ccc(C23CC4CC(CC(C4)C2)C3)cc1)C(=O)N1CCCC1. The van der Waals surface area contributed by atoms with Gasteiger partial charge in [0, 0.05) is 18.8 Å². The topological polar surface area (TPSA) is 32.3 Å². The van der Waals surface area contributed by atoms with Gasteiger partial charge in [-0.2, -0.15) is 0 Å². The molecule has 0 aromatic heterocycles. The number of rotatable bonds is 4. The highest BCUT2D eigenvalue weighted by Crippen LogP contribution is 2.60. The number of likely N-dealkylation sites (tertiary alicyclic amines) is 1. The lowest BCUT2D eigenvalue weighted by atomic mass is 9.48. The van der Waals surface area contributed by atoms with E-state index in [0.29, 0.717) is 5.41 Å². The van der Waals surface area contributed by atoms with Crippen LogP contribution in [-0.2, 0) is 10.2 Å². The first-order chi connectivity index (χ1) is 12.6. The summed E-state index contributed by atoms with van der Waals surface area (Å²) in [4.78, 5) is 14.5. The molecule has 0 radical (unpaired) electrons. The molecular weight excluding hydrogens is 320 g/mol. The Kier molecular flexibility index (Phi) is 4.02. The van der Waals surface area contributed by atoms with Gasteiger partial charge in [-0.3, -0.25) is 4.79 Å². The molecule has 5 fully saturated rings. The molecule has 1 heterocycles. The minimum absolute atomic E-state index is 0.140. The molecular formula is C23H32N2O. The van der Waals surface area contributed by atoms with Crippen molar-refractivity contribution in [3.05, 3.63) is 29.8 Å². The summed E-state index contributed by atoms with van der Waals surface area (Å²) in [5, 5.41) is 3.43. The molecule has 1 saturated heterocycles. The fourth-order valence-electron chi connectivity index (χ4n) is 6.91. The van der Waals surface area contributed by atoms with Crippen molar-refractivity contribution in [2.75, 3.05) is 18.4 Å². The quantitative estimate of drug-likeness (QED) is 0.860. The molecule has 4 saturated carbocycles. The Morgan fingerprint density at radius 2 is 1.54 bits per heavy atom. The molecule has 1 N–H and O–H groups in total. The van der Waals surface area contributed by atoms with E-state index in [2.05, 4.69) is 29.6 Å². The van der Waals surface area contributed by atoms with Gasteiger partial charge in [-0.1, -0.05) is 12.1 Å². The highest BCUT2D eigenvalue weighted by atomic mass is 16.2. The number of nitrogens with one attached hydrogen (secondary N) is 1. The first-order valence-electron chi connectivity index (χ1n) is 10.8. The Hall–Kier alpha value is -1.51. The summed E-state index contributed by atoms with van der Waals surface area (Å²) in [6.45, 7) is 3.85. The second kappa shape index (κ2) is 6.28. The summed E-state index contributed by atoms with van der Waals surface area (Å²) in [6, 6.07) is 8.98. The van der Waals surface area contributed by atoms with Crippen LogP contribution in [0.15, 0.2) is 24.3 Å². The van der Waals surface area contributed by atoms with E-state index in [9.17, 15) is 4.79 Å². The first-order valence-corrected chi connectivity index (χ1v) is 10.8. The molecule has 1 aliphatic heterocycles. The van der Waals surface area contributed by atoms with E-state index in [0.717, 1.165) is 49.4 Å². The van der Waals surface area contributed by atoms with Crippen molar-refractivity contribution in [1.82, 2.24) is 4.90 Å². The molecule has 6 rings (SSSR count). The van der Waals surface area contributed by atoms with Crippen LogP contribution in [0, 0.1) is 17.8 Å². The van der Waals surface area contributed by atoms with E-state index in [-0.39, 0.29) is 11.9 Å². The van der Waals surface area contributed by atoms with Gasteiger partial charge in [-0.05, 0) is 99.2 Å². The molecule has 1 aromatic carbocycles. The number of hydrogen-bond donors (Lipinski definition) is 1. The summed E-state index contributed by atoms with van der Waals surface area (Å²) in [7, 11) is 0. The number of amides is 1. The monoisotopic (exact) mass is 352 g/mol. The van der Waals surface area contributed by atoms with E-state index in [4.69, 9.17) is 0 Å². The van der Waals surface area contributed by atoms with Gasteiger partial charge in [0.05, 0.1) is 0 Å². The van der Waals surface area contributed by atoms with Crippen LogP contribution in [0.1, 0.15) is 63.9 Å². The molecule has 5 aliphatic rings. The van der Waals surface area contributed by atoms with Crippen LogP contribution in [0.5, 0.6) is 0 Å². The number of carbonyl (C=O) groups is 1. The van der Waals surface area contributed by atoms with Crippen LogP contribution in [0.2, 0.25) is 0 Å². The molecule has 1 aromatic rings. The van der Waals surface area contributed by atoms with E-state index in [1.807, 2.05) is 11.8 Å². The maximum absolute atomic E-state index is 12.5. The number of hydrogen-bond acceptors (Lipinski definition) is 2. The fourth-order valence-corrected chi connectivity index (χ4v) is 6.91. The lowest BCUT2D eigenvalue weighted by Gasteiger charge is -2.57. The van der Waals surface area contributed by atoms with Crippen molar-refractivity contribution in [1.29, 1.82) is 0 Å². The smallest absolute Gasteiger partial charge is 0.244 e. The molecule has 1 amide bonds. The third-order valence-electron chi connectivity index (χ3n) is 7.71. The number of carbonyl (C=O) groups excluding carboxylic acids is 1. The van der Waals surface area contributed by atoms with Gasteiger partial charge in [-0.15, -0.1) is 0 Å². The molecule has 3 heteroatoms. The van der Waals surface area contributed by atoms with Gasteiger partial charge >= 0.3 is 0 Å². The predicted octanol–water partition coefficient (Wildman–Crippen LogP) is 4.58. The average molecular weight is 353 g/mol. The van der Waals surface area contributed by atoms with Gasteiger partial charge in [0.2, 0.25) is 5.91 Å². The second-order valence-electron chi connectivity index (χ2n) is 9.67. The largest absolute Gasteiger partial charge is 0.374 e. The Morgan fingerprint density at radius 1 is 1.00 bits per heavy atom. The summed E-state index contributed by atoms with van der Waals surface area (Å²) >= 11 is 0. The molecule has 1 atom stereocenters. The highest BCUT2D eigenvalue weighted by molar-refractivity contribution is 5.84. The van der Waals surface area contributed by atoms with Crippen LogP contribution in [0.25, 0.3) is 0 Å². The molecule has 4 aliphatic carbocycles. The van der Waals surface area contributed by atoms with Gasteiger partial charge in [0.25, 0.3) is 0 Å². The maximum Gasteiger partial charge on any atom is 0.244 e. The van der Waals surface area contributed by atoms with E-state index >= 15 is 0 Å². The van der Waals surface area contributed by atoms with Gasteiger partial charge in [0.1, 0.15) is 6.04 Å². The third-order valence-corrected chi connectivity index (χ3v) is 7.71. The van der Waals surface area contributed by atoms with E-state index in [1.165, 1.54) is 38.5 Å². The van der Waals surface area contributed by atoms with Crippen LogP contribution in [0.4, 0.5) is 5.69 Å². The molecule has 0 spiro atoms. The Labute approximate surface area is 157 Å². The normalized spacial score (nSPS) is 36.3. The molecule has 0 unspecified atom stereocenters. The van der Waals surface area contributed by atoms with Crippen LogP contribution < -0.4 is 5.32 Å². The molecule has 4 bridgehead atoms. The standard InChI is InChI=1S/C23H32N2O/c1-16(22(26)25-8-2-3-9-25)24-21-6-4-20(5-7-21)23-13-17-10-18(14-23)12-19(11-17)15-23/h4-7,16-19,24H,2-3,8-15H2,1H3/t16-,17?,18?,19?,23?/m1/s1. The van der Waals surface area contributed by atoms with Crippen molar-refractivity contribution in [3.8, 4) is 0 Å². The fraction of sp³-hybridized carbons (Fsp3) is 0.696. The van der Waals surface area contributed by atoms with Gasteiger partial charge in [0.15, 0.2) is 0 Å². The lowest BCUT2D eigenvalue weighted by Crippen LogP contribution is -2.48. The Morgan fingerprint density at radius 3 is 2.08 bits per heavy atom. The lowest BCUT2D eigenvalue weighted by molar-refractivity contribution is -0.130. The molecule has 3 nitrogen and oxygen atoms in total. The van der Waals surface area contributed by atoms with Crippen LogP contribution in [-0.4, -0.2) is 29.9 Å².